The Balaban J connectivity index is 1.59. The third-order valence-corrected chi connectivity index (χ3v) is 4.17. The zero-order chi connectivity index (χ0) is 17.5. The second-order valence-electron chi connectivity index (χ2n) is 5.58. The van der Waals surface area contributed by atoms with Gasteiger partial charge < -0.3 is 10.1 Å². The van der Waals surface area contributed by atoms with Crippen molar-refractivity contribution in [2.45, 2.75) is 6.42 Å². The Morgan fingerprint density at radius 2 is 1.72 bits per heavy atom. The average Bonchev–Trinajstić information content (AvgIpc) is 2.63. The topological polar surface area (TPSA) is 38.3 Å². The summed E-state index contributed by atoms with van der Waals surface area (Å²) in [5, 5.41) is 2.88. The fourth-order valence-electron chi connectivity index (χ4n) is 2.43. The molecule has 3 rings (SSSR count). The number of hydrogen-bond acceptors (Lipinski definition) is 2. The van der Waals surface area contributed by atoms with Crippen LogP contribution in [0.3, 0.4) is 0 Å². The molecule has 3 aromatic rings. The van der Waals surface area contributed by atoms with Gasteiger partial charge in [0.15, 0.2) is 0 Å². The number of anilines is 1. The molecule has 0 heterocycles. The Morgan fingerprint density at radius 3 is 2.52 bits per heavy atom. The SMILES string of the molecule is O=C(Nc1cccc(Br)c1)c1cccc(OCCc2ccccc2)c1. The molecule has 0 radical (unpaired) electrons. The molecule has 4 heteroatoms. The van der Waals surface area contributed by atoms with Gasteiger partial charge in [0.1, 0.15) is 5.75 Å². The van der Waals surface area contributed by atoms with Gasteiger partial charge in [-0.3, -0.25) is 4.79 Å². The lowest BCUT2D eigenvalue weighted by Gasteiger charge is -2.09. The van der Waals surface area contributed by atoms with E-state index in [9.17, 15) is 4.79 Å². The maximum Gasteiger partial charge on any atom is 0.255 e. The highest BCUT2D eigenvalue weighted by Crippen LogP contribution is 2.18. The molecule has 0 bridgehead atoms. The number of rotatable bonds is 6. The van der Waals surface area contributed by atoms with E-state index in [2.05, 4.69) is 33.4 Å². The van der Waals surface area contributed by atoms with Crippen LogP contribution in [0, 0.1) is 0 Å². The van der Waals surface area contributed by atoms with E-state index in [0.29, 0.717) is 17.9 Å². The number of ether oxygens (including phenoxy) is 1. The van der Waals surface area contributed by atoms with Crippen LogP contribution in [-0.4, -0.2) is 12.5 Å². The van der Waals surface area contributed by atoms with Crippen LogP contribution < -0.4 is 10.1 Å². The highest BCUT2D eigenvalue weighted by molar-refractivity contribution is 9.10. The molecule has 3 nitrogen and oxygen atoms in total. The van der Waals surface area contributed by atoms with Crippen molar-refractivity contribution >= 4 is 27.5 Å². The van der Waals surface area contributed by atoms with Gasteiger partial charge in [0.2, 0.25) is 0 Å². The summed E-state index contributed by atoms with van der Waals surface area (Å²) in [6, 6.07) is 24.9. The predicted octanol–water partition coefficient (Wildman–Crippen LogP) is 5.32. The van der Waals surface area contributed by atoms with E-state index in [4.69, 9.17) is 4.74 Å². The first-order valence-electron chi connectivity index (χ1n) is 8.04. The van der Waals surface area contributed by atoms with Crippen LogP contribution in [0.15, 0.2) is 83.3 Å². The molecule has 126 valence electrons. The van der Waals surface area contributed by atoms with Crippen LogP contribution in [0.5, 0.6) is 5.75 Å². The Morgan fingerprint density at radius 1 is 0.920 bits per heavy atom. The molecule has 0 unspecified atom stereocenters. The zero-order valence-electron chi connectivity index (χ0n) is 13.6. The van der Waals surface area contributed by atoms with Gasteiger partial charge in [-0.15, -0.1) is 0 Å². The number of nitrogens with one attached hydrogen (secondary N) is 1. The van der Waals surface area contributed by atoms with Crippen LogP contribution in [0.1, 0.15) is 15.9 Å². The van der Waals surface area contributed by atoms with Crippen molar-refractivity contribution in [3.8, 4) is 5.75 Å². The molecule has 3 aromatic carbocycles. The van der Waals surface area contributed by atoms with Gasteiger partial charge in [0.05, 0.1) is 6.61 Å². The van der Waals surface area contributed by atoms with Crippen molar-refractivity contribution in [2.75, 3.05) is 11.9 Å². The van der Waals surface area contributed by atoms with Crippen LogP contribution >= 0.6 is 15.9 Å². The number of benzene rings is 3. The molecule has 0 saturated heterocycles. The van der Waals surface area contributed by atoms with Crippen molar-refractivity contribution in [2.24, 2.45) is 0 Å². The summed E-state index contributed by atoms with van der Waals surface area (Å²) in [6.07, 6.45) is 0.829. The van der Waals surface area contributed by atoms with Gasteiger partial charge in [0, 0.05) is 22.1 Å². The summed E-state index contributed by atoms with van der Waals surface area (Å²) in [5.74, 6) is 0.532. The third kappa shape index (κ3) is 5.19. The molecule has 1 amide bonds. The lowest BCUT2D eigenvalue weighted by Crippen LogP contribution is -2.12. The summed E-state index contributed by atoms with van der Waals surface area (Å²) < 4.78 is 6.70. The summed E-state index contributed by atoms with van der Waals surface area (Å²) in [7, 11) is 0. The maximum atomic E-state index is 12.4. The van der Waals surface area contributed by atoms with Crippen molar-refractivity contribution in [1.29, 1.82) is 0 Å². The summed E-state index contributed by atoms with van der Waals surface area (Å²) in [5.41, 5.74) is 2.54. The molecular weight excluding hydrogens is 378 g/mol. The number of hydrogen-bond donors (Lipinski definition) is 1. The number of carbonyl (C=O) groups is 1. The fraction of sp³-hybridized carbons (Fsp3) is 0.0952. The second-order valence-corrected chi connectivity index (χ2v) is 6.49. The van der Waals surface area contributed by atoms with E-state index in [1.165, 1.54) is 5.56 Å². The zero-order valence-corrected chi connectivity index (χ0v) is 15.2. The molecule has 0 fully saturated rings. The Bertz CT molecular complexity index is 849. The third-order valence-electron chi connectivity index (χ3n) is 3.68. The lowest BCUT2D eigenvalue weighted by molar-refractivity contribution is 0.102. The molecule has 0 spiro atoms. The first-order chi connectivity index (χ1) is 12.2. The second kappa shape index (κ2) is 8.49. The molecule has 0 aliphatic heterocycles. The fourth-order valence-corrected chi connectivity index (χ4v) is 2.83. The van der Waals surface area contributed by atoms with E-state index in [-0.39, 0.29) is 5.91 Å². The van der Waals surface area contributed by atoms with E-state index >= 15 is 0 Å². The van der Waals surface area contributed by atoms with Crippen LogP contribution in [-0.2, 0) is 6.42 Å². The number of amides is 1. The van der Waals surface area contributed by atoms with Crippen molar-refractivity contribution in [3.05, 3.63) is 94.5 Å². The maximum absolute atomic E-state index is 12.4. The minimum Gasteiger partial charge on any atom is -0.493 e. The monoisotopic (exact) mass is 395 g/mol. The highest BCUT2D eigenvalue weighted by Gasteiger charge is 2.07. The van der Waals surface area contributed by atoms with Gasteiger partial charge in [-0.25, -0.2) is 0 Å². The van der Waals surface area contributed by atoms with Gasteiger partial charge in [-0.1, -0.05) is 58.4 Å². The first kappa shape index (κ1) is 17.2. The smallest absolute Gasteiger partial charge is 0.255 e. The summed E-state index contributed by atoms with van der Waals surface area (Å²) in [6.45, 7) is 0.570. The van der Waals surface area contributed by atoms with E-state index in [0.717, 1.165) is 16.6 Å². The van der Waals surface area contributed by atoms with Crippen LogP contribution in [0.25, 0.3) is 0 Å². The first-order valence-corrected chi connectivity index (χ1v) is 8.84. The largest absolute Gasteiger partial charge is 0.493 e. The Kier molecular flexibility index (Phi) is 5.86. The van der Waals surface area contributed by atoms with E-state index in [1.807, 2.05) is 54.6 Å². The van der Waals surface area contributed by atoms with Gasteiger partial charge in [-0.05, 0) is 42.0 Å². The number of halogens is 1. The molecule has 0 saturated carbocycles. The Labute approximate surface area is 155 Å². The molecule has 1 N–H and O–H groups in total. The minimum atomic E-state index is -0.161. The highest BCUT2D eigenvalue weighted by atomic mass is 79.9. The average molecular weight is 396 g/mol. The van der Waals surface area contributed by atoms with Gasteiger partial charge in [0.25, 0.3) is 5.91 Å². The Hall–Kier alpha value is -2.59. The number of carbonyl (C=O) groups excluding carboxylic acids is 1. The normalized spacial score (nSPS) is 10.3. The van der Waals surface area contributed by atoms with E-state index in [1.54, 1.807) is 12.1 Å². The van der Waals surface area contributed by atoms with E-state index < -0.39 is 0 Å². The minimum absolute atomic E-state index is 0.161. The molecule has 0 aliphatic carbocycles. The van der Waals surface area contributed by atoms with Crippen molar-refractivity contribution in [1.82, 2.24) is 0 Å². The van der Waals surface area contributed by atoms with Crippen molar-refractivity contribution < 1.29 is 9.53 Å². The molecule has 0 aromatic heterocycles. The molecule has 25 heavy (non-hydrogen) atoms. The quantitative estimate of drug-likeness (QED) is 0.612. The summed E-state index contributed by atoms with van der Waals surface area (Å²) in [4.78, 5) is 12.4. The standard InChI is InChI=1S/C21H18BrNO2/c22-18-9-5-10-19(15-18)23-21(24)17-8-4-11-20(14-17)25-13-12-16-6-2-1-3-7-16/h1-11,14-15H,12-13H2,(H,23,24). The molecular formula is C21H18BrNO2. The molecule has 0 atom stereocenters. The summed E-state index contributed by atoms with van der Waals surface area (Å²) >= 11 is 3.40. The predicted molar refractivity (Wildman–Crippen MR) is 104 cm³/mol. The van der Waals surface area contributed by atoms with Crippen LogP contribution in [0.2, 0.25) is 0 Å². The van der Waals surface area contributed by atoms with Gasteiger partial charge in [-0.2, -0.15) is 0 Å². The molecule has 0 aliphatic rings. The van der Waals surface area contributed by atoms with Crippen molar-refractivity contribution in [3.63, 3.8) is 0 Å². The lowest BCUT2D eigenvalue weighted by atomic mass is 10.1. The van der Waals surface area contributed by atoms with Crippen LogP contribution in [0.4, 0.5) is 5.69 Å². The van der Waals surface area contributed by atoms with Gasteiger partial charge >= 0.3 is 0 Å².